The highest BCUT2D eigenvalue weighted by Crippen LogP contribution is 2.25. The van der Waals surface area contributed by atoms with E-state index in [0.717, 1.165) is 11.3 Å². The summed E-state index contributed by atoms with van der Waals surface area (Å²) in [5.74, 6) is 1.50. The normalized spacial score (nSPS) is 15.5. The summed E-state index contributed by atoms with van der Waals surface area (Å²) < 4.78 is 42.5. The molecule has 0 atom stereocenters. The fourth-order valence-electron chi connectivity index (χ4n) is 2.90. The van der Waals surface area contributed by atoms with E-state index in [0.29, 0.717) is 43.6 Å². The van der Waals surface area contributed by atoms with Crippen molar-refractivity contribution in [3.63, 3.8) is 0 Å². The quantitative estimate of drug-likeness (QED) is 0.648. The molecule has 0 spiro atoms. The molecule has 1 saturated heterocycles. The van der Waals surface area contributed by atoms with Crippen LogP contribution in [0, 0.1) is 0 Å². The molecule has 4 rings (SSSR count). The highest BCUT2D eigenvalue weighted by Gasteiger charge is 2.26. The topological polar surface area (TPSA) is 94.8 Å². The van der Waals surface area contributed by atoms with Crippen molar-refractivity contribution < 1.29 is 22.4 Å². The van der Waals surface area contributed by atoms with Crippen LogP contribution in [0.25, 0.3) is 22.8 Å². The van der Waals surface area contributed by atoms with E-state index in [2.05, 4.69) is 10.1 Å². The Morgan fingerprint density at radius 3 is 2.25 bits per heavy atom. The molecule has 0 saturated carbocycles. The second kappa shape index (κ2) is 7.70. The van der Waals surface area contributed by atoms with Crippen LogP contribution in [0.2, 0.25) is 0 Å². The zero-order chi connectivity index (χ0) is 19.6. The van der Waals surface area contributed by atoms with Crippen molar-refractivity contribution in [2.75, 3.05) is 33.4 Å². The van der Waals surface area contributed by atoms with Crippen molar-refractivity contribution in [1.29, 1.82) is 0 Å². The molecule has 0 bridgehead atoms. The fraction of sp³-hybridized carbons (Fsp3) is 0.263. The Morgan fingerprint density at radius 1 is 0.964 bits per heavy atom. The molecule has 0 N–H and O–H groups in total. The van der Waals surface area contributed by atoms with E-state index < -0.39 is 10.0 Å². The van der Waals surface area contributed by atoms with Crippen molar-refractivity contribution in [2.24, 2.45) is 0 Å². The third-order valence-corrected chi connectivity index (χ3v) is 6.40. The summed E-state index contributed by atoms with van der Waals surface area (Å²) in [4.78, 5) is 4.63. The van der Waals surface area contributed by atoms with E-state index in [4.69, 9.17) is 14.0 Å². The maximum Gasteiger partial charge on any atom is 0.258 e. The van der Waals surface area contributed by atoms with E-state index in [9.17, 15) is 8.42 Å². The molecule has 2 aromatic carbocycles. The molecule has 0 radical (unpaired) electrons. The third kappa shape index (κ3) is 3.64. The van der Waals surface area contributed by atoms with Crippen LogP contribution in [0.1, 0.15) is 0 Å². The molecule has 0 aliphatic carbocycles. The van der Waals surface area contributed by atoms with Gasteiger partial charge in [0, 0.05) is 24.2 Å². The maximum absolute atomic E-state index is 12.7. The first kappa shape index (κ1) is 18.6. The smallest absolute Gasteiger partial charge is 0.258 e. The average molecular weight is 401 g/mol. The molecule has 2 heterocycles. The Hall–Kier alpha value is -2.75. The predicted octanol–water partition coefficient (Wildman–Crippen LogP) is 2.43. The monoisotopic (exact) mass is 401 g/mol. The Labute approximate surface area is 162 Å². The van der Waals surface area contributed by atoms with Crippen LogP contribution >= 0.6 is 0 Å². The number of hydrogen-bond donors (Lipinski definition) is 0. The highest BCUT2D eigenvalue weighted by molar-refractivity contribution is 7.89. The summed E-state index contributed by atoms with van der Waals surface area (Å²) >= 11 is 0. The van der Waals surface area contributed by atoms with Gasteiger partial charge in [0.25, 0.3) is 5.89 Å². The molecule has 9 heteroatoms. The Bertz CT molecular complexity index is 1040. The number of ether oxygens (including phenoxy) is 2. The largest absolute Gasteiger partial charge is 0.497 e. The molecule has 0 amide bonds. The summed E-state index contributed by atoms with van der Waals surface area (Å²) in [6.45, 7) is 1.54. The molecule has 1 aromatic heterocycles. The summed E-state index contributed by atoms with van der Waals surface area (Å²) in [5, 5.41) is 3.99. The third-order valence-electron chi connectivity index (χ3n) is 4.48. The first-order valence-electron chi connectivity index (χ1n) is 8.74. The number of sulfonamides is 1. The molecular weight excluding hydrogens is 382 g/mol. The maximum atomic E-state index is 12.7. The second-order valence-corrected chi connectivity index (χ2v) is 8.13. The Kier molecular flexibility index (Phi) is 5.12. The highest BCUT2D eigenvalue weighted by atomic mass is 32.2. The molecule has 146 valence electrons. The van der Waals surface area contributed by atoms with Crippen molar-refractivity contribution in [3.8, 4) is 28.6 Å². The molecule has 1 aliphatic heterocycles. The lowest BCUT2D eigenvalue weighted by atomic mass is 10.2. The minimum atomic E-state index is -3.53. The van der Waals surface area contributed by atoms with Gasteiger partial charge in [-0.15, -0.1) is 0 Å². The predicted molar refractivity (Wildman–Crippen MR) is 101 cm³/mol. The van der Waals surface area contributed by atoms with E-state index in [1.165, 1.54) is 4.31 Å². The number of methoxy groups -OCH3 is 1. The van der Waals surface area contributed by atoms with Gasteiger partial charge in [-0.25, -0.2) is 8.42 Å². The van der Waals surface area contributed by atoms with Gasteiger partial charge in [-0.2, -0.15) is 9.29 Å². The van der Waals surface area contributed by atoms with Crippen LogP contribution in [0.5, 0.6) is 5.75 Å². The Morgan fingerprint density at radius 2 is 1.61 bits per heavy atom. The minimum Gasteiger partial charge on any atom is -0.497 e. The molecule has 28 heavy (non-hydrogen) atoms. The fourth-order valence-corrected chi connectivity index (χ4v) is 4.31. The SMILES string of the molecule is COc1ccc(-c2nc(-c3ccc(S(=O)(=O)N4CCOCC4)cc3)no2)cc1. The number of nitrogens with zero attached hydrogens (tertiary/aromatic N) is 3. The van der Waals surface area contributed by atoms with Gasteiger partial charge in [-0.05, 0) is 48.5 Å². The summed E-state index contributed by atoms with van der Waals surface area (Å²) in [5.41, 5.74) is 1.44. The van der Waals surface area contributed by atoms with E-state index in [-0.39, 0.29) is 4.90 Å². The lowest BCUT2D eigenvalue weighted by molar-refractivity contribution is 0.0730. The summed E-state index contributed by atoms with van der Waals surface area (Å²) in [6.07, 6.45) is 0. The number of aromatic nitrogens is 2. The molecule has 1 fully saturated rings. The summed E-state index contributed by atoms with van der Waals surface area (Å²) in [6, 6.07) is 13.7. The Balaban J connectivity index is 1.55. The first-order valence-corrected chi connectivity index (χ1v) is 10.2. The number of rotatable bonds is 5. The van der Waals surface area contributed by atoms with E-state index in [1.54, 1.807) is 31.4 Å². The van der Waals surface area contributed by atoms with Gasteiger partial charge in [0.2, 0.25) is 15.8 Å². The standard InChI is InChI=1S/C19H19N3O5S/c1-25-16-6-2-15(3-7-16)19-20-18(21-27-19)14-4-8-17(9-5-14)28(23,24)22-10-12-26-13-11-22/h2-9H,10-13H2,1H3. The lowest BCUT2D eigenvalue weighted by Gasteiger charge is -2.26. The summed E-state index contributed by atoms with van der Waals surface area (Å²) in [7, 11) is -1.93. The van der Waals surface area contributed by atoms with Gasteiger partial charge in [0.05, 0.1) is 25.2 Å². The van der Waals surface area contributed by atoms with Gasteiger partial charge in [0.15, 0.2) is 0 Å². The van der Waals surface area contributed by atoms with Crippen LogP contribution in [0.3, 0.4) is 0 Å². The lowest BCUT2D eigenvalue weighted by Crippen LogP contribution is -2.40. The van der Waals surface area contributed by atoms with Crippen LogP contribution in [0.15, 0.2) is 57.9 Å². The van der Waals surface area contributed by atoms with Gasteiger partial charge < -0.3 is 14.0 Å². The van der Waals surface area contributed by atoms with Gasteiger partial charge in [-0.3, -0.25) is 0 Å². The molecule has 1 aliphatic rings. The van der Waals surface area contributed by atoms with Gasteiger partial charge >= 0.3 is 0 Å². The van der Waals surface area contributed by atoms with Crippen molar-refractivity contribution in [3.05, 3.63) is 48.5 Å². The first-order chi connectivity index (χ1) is 13.6. The van der Waals surface area contributed by atoms with Crippen molar-refractivity contribution >= 4 is 10.0 Å². The van der Waals surface area contributed by atoms with Gasteiger partial charge in [0.1, 0.15) is 5.75 Å². The van der Waals surface area contributed by atoms with Gasteiger partial charge in [-0.1, -0.05) is 5.16 Å². The van der Waals surface area contributed by atoms with Crippen LogP contribution < -0.4 is 4.74 Å². The minimum absolute atomic E-state index is 0.233. The second-order valence-electron chi connectivity index (χ2n) is 6.19. The molecule has 3 aromatic rings. The van der Waals surface area contributed by atoms with Crippen molar-refractivity contribution in [2.45, 2.75) is 4.90 Å². The van der Waals surface area contributed by atoms with E-state index >= 15 is 0 Å². The number of hydrogen-bond acceptors (Lipinski definition) is 7. The zero-order valence-corrected chi connectivity index (χ0v) is 16.1. The van der Waals surface area contributed by atoms with Crippen LogP contribution in [-0.2, 0) is 14.8 Å². The number of benzene rings is 2. The van der Waals surface area contributed by atoms with Crippen LogP contribution in [0.4, 0.5) is 0 Å². The van der Waals surface area contributed by atoms with Crippen molar-refractivity contribution in [1.82, 2.24) is 14.4 Å². The zero-order valence-electron chi connectivity index (χ0n) is 15.2. The molecule has 0 unspecified atom stereocenters. The van der Waals surface area contributed by atoms with E-state index in [1.807, 2.05) is 24.3 Å². The molecule has 8 nitrogen and oxygen atoms in total. The average Bonchev–Trinajstić information content (AvgIpc) is 3.25. The number of morpholine rings is 1. The molecular formula is C19H19N3O5S. The van der Waals surface area contributed by atoms with Crippen LogP contribution in [-0.4, -0.2) is 56.3 Å².